The fourth-order valence-corrected chi connectivity index (χ4v) is 4.57. The van der Waals surface area contributed by atoms with Crippen LogP contribution in [0.1, 0.15) is 84.3 Å². The molecule has 1 aliphatic rings. The van der Waals surface area contributed by atoms with Crippen LogP contribution in [0.15, 0.2) is 48.8 Å². The van der Waals surface area contributed by atoms with Gasteiger partial charge in [0, 0.05) is 6.20 Å². The molecule has 166 valence electrons. The minimum Gasteiger partial charge on any atom is -0.478 e. The molecule has 0 aliphatic heterocycles. The molecule has 1 heterocycles. The third-order valence-corrected chi connectivity index (χ3v) is 6.86. The molecule has 32 heavy (non-hydrogen) atoms. The van der Waals surface area contributed by atoms with Crippen molar-refractivity contribution in [3.05, 3.63) is 87.7 Å². The molecule has 0 bridgehead atoms. The molecule has 0 unspecified atom stereocenters. The lowest BCUT2D eigenvalue weighted by Gasteiger charge is -2.42. The Hall–Kier alpha value is -3.14. The molecule has 4 rings (SSSR count). The fourth-order valence-electron chi connectivity index (χ4n) is 4.57. The lowest BCUT2D eigenvalue weighted by Crippen LogP contribution is -2.34. The third kappa shape index (κ3) is 4.40. The van der Waals surface area contributed by atoms with Gasteiger partial charge < -0.3 is 5.11 Å². The Kier molecular flexibility index (Phi) is 5.58. The number of fused-ring (bicyclic) bond motifs is 1. The van der Waals surface area contributed by atoms with Gasteiger partial charge in [-0.25, -0.2) is 4.79 Å². The molecule has 0 saturated carbocycles. The van der Waals surface area contributed by atoms with Gasteiger partial charge in [-0.3, -0.25) is 4.68 Å². The highest BCUT2D eigenvalue weighted by Gasteiger charge is 2.37. The van der Waals surface area contributed by atoms with E-state index in [1.54, 1.807) is 10.9 Å². The first kappa shape index (κ1) is 22.1. The first-order valence-electron chi connectivity index (χ1n) is 11.2. The van der Waals surface area contributed by atoms with Crippen LogP contribution in [0.25, 0.3) is 12.2 Å². The number of benzene rings is 2. The van der Waals surface area contributed by atoms with Crippen LogP contribution in [0.3, 0.4) is 0 Å². The van der Waals surface area contributed by atoms with Crippen molar-refractivity contribution in [2.45, 2.75) is 64.8 Å². The summed E-state index contributed by atoms with van der Waals surface area (Å²) in [6.07, 6.45) is 9.65. The van der Waals surface area contributed by atoms with Gasteiger partial charge in [-0.05, 0) is 58.4 Å². The SMILES string of the molecule is Cc1ccc(/C=C/c2cc3c(cc2Cn2cc(C(=O)O)cn2)C(C)(C)CCC3(C)C)cc1. The second kappa shape index (κ2) is 8.09. The average molecular weight is 429 g/mol. The lowest BCUT2D eigenvalue weighted by atomic mass is 9.62. The molecule has 0 amide bonds. The number of aromatic carboxylic acids is 1. The summed E-state index contributed by atoms with van der Waals surface area (Å²) in [5.74, 6) is -0.955. The molecule has 3 aromatic rings. The molecule has 0 spiro atoms. The van der Waals surface area contributed by atoms with E-state index >= 15 is 0 Å². The summed E-state index contributed by atoms with van der Waals surface area (Å²) < 4.78 is 1.72. The van der Waals surface area contributed by atoms with Gasteiger partial charge in [0.2, 0.25) is 0 Å². The molecule has 0 radical (unpaired) electrons. The van der Waals surface area contributed by atoms with Crippen molar-refractivity contribution in [2.24, 2.45) is 0 Å². The summed E-state index contributed by atoms with van der Waals surface area (Å²) in [4.78, 5) is 11.3. The number of rotatable bonds is 5. The predicted octanol–water partition coefficient (Wildman–Crippen LogP) is 6.46. The van der Waals surface area contributed by atoms with Gasteiger partial charge in [0.05, 0.1) is 18.3 Å². The standard InChI is InChI=1S/C28H32N2O2/c1-19-6-8-20(9-7-19)10-11-21-14-24-25(28(4,5)13-12-27(24,2)3)15-22(21)17-30-18-23(16-29-30)26(31)32/h6-11,14-16,18H,12-13,17H2,1-5H3,(H,31,32)/b11-10+. The number of hydrogen-bond acceptors (Lipinski definition) is 2. The zero-order chi connectivity index (χ0) is 23.1. The molecule has 2 aromatic carbocycles. The molecule has 1 N–H and O–H groups in total. The minimum atomic E-state index is -0.955. The number of aryl methyl sites for hydroxylation is 1. The molecule has 0 atom stereocenters. The van der Waals surface area contributed by atoms with Crippen molar-refractivity contribution in [2.75, 3.05) is 0 Å². The summed E-state index contributed by atoms with van der Waals surface area (Å²) in [5, 5.41) is 13.6. The molecule has 4 nitrogen and oxygen atoms in total. The summed E-state index contributed by atoms with van der Waals surface area (Å²) in [7, 11) is 0. The summed E-state index contributed by atoms with van der Waals surface area (Å²) in [5.41, 5.74) is 7.95. The largest absolute Gasteiger partial charge is 0.478 e. The number of nitrogens with zero attached hydrogens (tertiary/aromatic N) is 2. The second-order valence-corrected chi connectivity index (χ2v) is 10.3. The Morgan fingerprint density at radius 2 is 1.66 bits per heavy atom. The lowest BCUT2D eigenvalue weighted by molar-refractivity contribution is 0.0696. The van der Waals surface area contributed by atoms with Crippen LogP contribution in [-0.4, -0.2) is 20.9 Å². The first-order valence-corrected chi connectivity index (χ1v) is 11.2. The Bertz CT molecular complexity index is 1180. The average Bonchev–Trinajstić information content (AvgIpc) is 3.20. The van der Waals surface area contributed by atoms with Gasteiger partial charge in [-0.1, -0.05) is 81.8 Å². The number of carboxylic acids is 1. The highest BCUT2D eigenvalue weighted by Crippen LogP contribution is 2.46. The van der Waals surface area contributed by atoms with Gasteiger partial charge in [-0.2, -0.15) is 5.10 Å². The Morgan fingerprint density at radius 1 is 1.03 bits per heavy atom. The quantitative estimate of drug-likeness (QED) is 0.475. The molecular formula is C28H32N2O2. The van der Waals surface area contributed by atoms with E-state index in [9.17, 15) is 9.90 Å². The Balaban J connectivity index is 1.81. The monoisotopic (exact) mass is 428 g/mol. The van der Waals surface area contributed by atoms with Crippen molar-refractivity contribution >= 4 is 18.1 Å². The van der Waals surface area contributed by atoms with Crippen molar-refractivity contribution < 1.29 is 9.90 Å². The third-order valence-electron chi connectivity index (χ3n) is 6.86. The molecule has 4 heteroatoms. The van der Waals surface area contributed by atoms with E-state index in [2.05, 4.69) is 88.3 Å². The maximum Gasteiger partial charge on any atom is 0.338 e. The van der Waals surface area contributed by atoms with Gasteiger partial charge >= 0.3 is 5.97 Å². The highest BCUT2D eigenvalue weighted by molar-refractivity contribution is 5.86. The van der Waals surface area contributed by atoms with E-state index in [1.807, 2.05) is 0 Å². The molecule has 0 saturated heterocycles. The number of hydrogen-bond donors (Lipinski definition) is 1. The summed E-state index contributed by atoms with van der Waals surface area (Å²) in [6.45, 7) is 11.9. The molecule has 1 aliphatic carbocycles. The van der Waals surface area contributed by atoms with E-state index in [1.165, 1.54) is 22.9 Å². The van der Waals surface area contributed by atoms with E-state index in [0.717, 1.165) is 29.5 Å². The second-order valence-electron chi connectivity index (χ2n) is 10.3. The van der Waals surface area contributed by atoms with Crippen LogP contribution in [0.4, 0.5) is 0 Å². The van der Waals surface area contributed by atoms with Crippen LogP contribution < -0.4 is 0 Å². The topological polar surface area (TPSA) is 55.1 Å². The molecule has 1 aromatic heterocycles. The number of carboxylic acid groups (broad SMARTS) is 1. The predicted molar refractivity (Wildman–Crippen MR) is 130 cm³/mol. The van der Waals surface area contributed by atoms with Gasteiger partial charge in [0.25, 0.3) is 0 Å². The Morgan fingerprint density at radius 3 is 2.25 bits per heavy atom. The van der Waals surface area contributed by atoms with E-state index < -0.39 is 5.97 Å². The van der Waals surface area contributed by atoms with Crippen LogP contribution >= 0.6 is 0 Å². The first-order chi connectivity index (χ1) is 15.0. The zero-order valence-corrected chi connectivity index (χ0v) is 19.6. The summed E-state index contributed by atoms with van der Waals surface area (Å²) >= 11 is 0. The van der Waals surface area contributed by atoms with Crippen molar-refractivity contribution in [3.63, 3.8) is 0 Å². The van der Waals surface area contributed by atoms with E-state index in [0.29, 0.717) is 6.54 Å². The van der Waals surface area contributed by atoms with Gasteiger partial charge in [0.15, 0.2) is 0 Å². The fraction of sp³-hybridized carbons (Fsp3) is 0.357. The maximum absolute atomic E-state index is 11.3. The van der Waals surface area contributed by atoms with Crippen LogP contribution in [0.5, 0.6) is 0 Å². The van der Waals surface area contributed by atoms with Crippen molar-refractivity contribution in [1.29, 1.82) is 0 Å². The molecule has 0 fully saturated rings. The normalized spacial score (nSPS) is 16.8. The van der Waals surface area contributed by atoms with Gasteiger partial charge in [0.1, 0.15) is 0 Å². The maximum atomic E-state index is 11.3. The van der Waals surface area contributed by atoms with E-state index in [-0.39, 0.29) is 16.4 Å². The van der Waals surface area contributed by atoms with Gasteiger partial charge in [-0.15, -0.1) is 0 Å². The van der Waals surface area contributed by atoms with Crippen LogP contribution in [-0.2, 0) is 17.4 Å². The van der Waals surface area contributed by atoms with Crippen molar-refractivity contribution in [3.8, 4) is 0 Å². The van der Waals surface area contributed by atoms with Crippen LogP contribution in [0.2, 0.25) is 0 Å². The van der Waals surface area contributed by atoms with E-state index in [4.69, 9.17) is 0 Å². The van der Waals surface area contributed by atoms with Crippen LogP contribution in [0, 0.1) is 6.92 Å². The number of aromatic nitrogens is 2. The summed E-state index contributed by atoms with van der Waals surface area (Å²) in [6, 6.07) is 13.2. The highest BCUT2D eigenvalue weighted by atomic mass is 16.4. The number of carbonyl (C=O) groups is 1. The smallest absolute Gasteiger partial charge is 0.338 e. The zero-order valence-electron chi connectivity index (χ0n) is 19.6. The van der Waals surface area contributed by atoms with Crippen molar-refractivity contribution in [1.82, 2.24) is 9.78 Å². The molecular weight excluding hydrogens is 396 g/mol. The Labute approximate surface area is 190 Å². The minimum absolute atomic E-state index is 0.106.